The first-order valence-corrected chi connectivity index (χ1v) is 6.65. The van der Waals surface area contributed by atoms with Gasteiger partial charge < -0.3 is 10.4 Å². The molecular weight excluding hydrogens is 289 g/mol. The maximum Gasteiger partial charge on any atom is 0.0546 e. The molecule has 0 bridgehead atoms. The number of benzene rings is 1. The van der Waals surface area contributed by atoms with Crippen LogP contribution in [0.2, 0.25) is 5.02 Å². The topological polar surface area (TPSA) is 32.3 Å². The molecule has 0 spiro atoms. The molecule has 0 aromatic heterocycles. The van der Waals surface area contributed by atoms with Crippen LogP contribution < -0.4 is 5.32 Å². The molecule has 1 aliphatic rings. The molecule has 0 radical (unpaired) electrons. The molecule has 1 aliphatic carbocycles. The van der Waals surface area contributed by atoms with Crippen LogP contribution in [-0.4, -0.2) is 17.8 Å². The molecule has 2 N–H and O–H groups in total. The molecule has 2 rings (SSSR count). The molecular formula is C12H15BrClNO. The minimum absolute atomic E-state index is 0.0651. The monoisotopic (exact) mass is 303 g/mol. The minimum atomic E-state index is -0.0651. The molecule has 0 aliphatic heterocycles. The summed E-state index contributed by atoms with van der Waals surface area (Å²) in [6.45, 7) is 1.78. The summed E-state index contributed by atoms with van der Waals surface area (Å²) in [7, 11) is 0. The Balaban J connectivity index is 1.78. The molecule has 2 nitrogen and oxygen atoms in total. The van der Waals surface area contributed by atoms with Crippen molar-refractivity contribution in [2.75, 3.05) is 6.54 Å². The number of aliphatic hydroxyl groups excluding tert-OH is 1. The van der Waals surface area contributed by atoms with Crippen LogP contribution in [0.1, 0.15) is 18.4 Å². The number of hydrogen-bond acceptors (Lipinski definition) is 2. The molecule has 0 atom stereocenters. The molecule has 0 heterocycles. The van der Waals surface area contributed by atoms with E-state index in [2.05, 4.69) is 21.2 Å². The lowest BCUT2D eigenvalue weighted by molar-refractivity contribution is 0.0429. The average molecular weight is 305 g/mol. The fourth-order valence-electron chi connectivity index (χ4n) is 1.96. The second-order valence-corrected chi connectivity index (χ2v) is 5.65. The standard InChI is InChI=1S/C12H15BrClNO/c13-12-2-1-10(14)5-9(12)7-15-6-8-3-11(16)4-8/h1-2,5,8,11,15-16H,3-4,6-7H2. The van der Waals surface area contributed by atoms with Crippen molar-refractivity contribution in [1.82, 2.24) is 5.32 Å². The zero-order chi connectivity index (χ0) is 11.5. The normalized spacial score (nSPS) is 24.2. The highest BCUT2D eigenvalue weighted by Gasteiger charge is 2.26. The van der Waals surface area contributed by atoms with E-state index in [-0.39, 0.29) is 6.10 Å². The number of halogens is 2. The van der Waals surface area contributed by atoms with E-state index in [1.807, 2.05) is 18.2 Å². The summed E-state index contributed by atoms with van der Waals surface area (Å²) in [6.07, 6.45) is 1.80. The maximum atomic E-state index is 9.16. The van der Waals surface area contributed by atoms with Crippen molar-refractivity contribution in [1.29, 1.82) is 0 Å². The fourth-order valence-corrected chi connectivity index (χ4v) is 2.54. The van der Waals surface area contributed by atoms with Gasteiger partial charge in [-0.25, -0.2) is 0 Å². The Morgan fingerprint density at radius 1 is 1.44 bits per heavy atom. The van der Waals surface area contributed by atoms with E-state index >= 15 is 0 Å². The Morgan fingerprint density at radius 3 is 2.88 bits per heavy atom. The van der Waals surface area contributed by atoms with Gasteiger partial charge in [0, 0.05) is 16.0 Å². The second kappa shape index (κ2) is 5.50. The summed E-state index contributed by atoms with van der Waals surface area (Å²) in [5.74, 6) is 0.632. The van der Waals surface area contributed by atoms with E-state index in [0.29, 0.717) is 5.92 Å². The van der Waals surface area contributed by atoms with Crippen LogP contribution >= 0.6 is 27.5 Å². The molecule has 4 heteroatoms. The van der Waals surface area contributed by atoms with Crippen LogP contribution in [0.3, 0.4) is 0 Å². The highest BCUT2D eigenvalue weighted by molar-refractivity contribution is 9.10. The van der Waals surface area contributed by atoms with Crippen molar-refractivity contribution in [2.24, 2.45) is 5.92 Å². The molecule has 0 unspecified atom stereocenters. The number of nitrogens with one attached hydrogen (secondary N) is 1. The van der Waals surface area contributed by atoms with Gasteiger partial charge in [-0.2, -0.15) is 0 Å². The van der Waals surface area contributed by atoms with Crippen molar-refractivity contribution in [3.63, 3.8) is 0 Å². The van der Waals surface area contributed by atoms with Crippen molar-refractivity contribution >= 4 is 27.5 Å². The van der Waals surface area contributed by atoms with Gasteiger partial charge in [-0.1, -0.05) is 27.5 Å². The van der Waals surface area contributed by atoms with Crippen molar-refractivity contribution in [2.45, 2.75) is 25.5 Å². The fraction of sp³-hybridized carbons (Fsp3) is 0.500. The third-order valence-corrected chi connectivity index (χ3v) is 3.98. The molecule has 0 amide bonds. The smallest absolute Gasteiger partial charge is 0.0546 e. The van der Waals surface area contributed by atoms with Gasteiger partial charge >= 0.3 is 0 Å². The number of rotatable bonds is 4. The third-order valence-electron chi connectivity index (χ3n) is 2.97. The summed E-state index contributed by atoms with van der Waals surface area (Å²) in [5.41, 5.74) is 1.17. The number of aliphatic hydroxyl groups is 1. The Morgan fingerprint density at radius 2 is 2.19 bits per heavy atom. The molecule has 88 valence electrons. The van der Waals surface area contributed by atoms with Gasteiger partial charge in [-0.3, -0.25) is 0 Å². The van der Waals surface area contributed by atoms with Gasteiger partial charge in [0.2, 0.25) is 0 Å². The molecule has 1 saturated carbocycles. The third kappa shape index (κ3) is 3.20. The SMILES string of the molecule is OC1CC(CNCc2cc(Cl)ccc2Br)C1. The van der Waals surface area contributed by atoms with E-state index in [1.54, 1.807) is 0 Å². The van der Waals surface area contributed by atoms with Crippen molar-refractivity contribution in [3.05, 3.63) is 33.3 Å². The highest BCUT2D eigenvalue weighted by atomic mass is 79.9. The van der Waals surface area contributed by atoms with Crippen LogP contribution in [0.25, 0.3) is 0 Å². The largest absolute Gasteiger partial charge is 0.393 e. The van der Waals surface area contributed by atoms with Crippen LogP contribution in [0.5, 0.6) is 0 Å². The Bertz CT molecular complexity index is 366. The first-order valence-electron chi connectivity index (χ1n) is 5.48. The summed E-state index contributed by atoms with van der Waals surface area (Å²) >= 11 is 9.43. The van der Waals surface area contributed by atoms with Gasteiger partial charge in [0.15, 0.2) is 0 Å². The zero-order valence-electron chi connectivity index (χ0n) is 8.92. The molecule has 1 aromatic carbocycles. The zero-order valence-corrected chi connectivity index (χ0v) is 11.3. The average Bonchev–Trinajstić information content (AvgIpc) is 2.20. The molecule has 0 saturated heterocycles. The molecule has 16 heavy (non-hydrogen) atoms. The predicted octanol–water partition coefficient (Wildman–Crippen LogP) is 2.96. The summed E-state index contributed by atoms with van der Waals surface area (Å²) < 4.78 is 1.08. The first kappa shape index (κ1) is 12.4. The lowest BCUT2D eigenvalue weighted by atomic mass is 9.82. The van der Waals surface area contributed by atoms with Crippen molar-refractivity contribution in [3.8, 4) is 0 Å². The molecule has 1 aromatic rings. The van der Waals surface area contributed by atoms with Gasteiger partial charge in [-0.05, 0) is 49.1 Å². The molecule has 1 fully saturated rings. The summed E-state index contributed by atoms with van der Waals surface area (Å²) in [6, 6.07) is 5.80. The van der Waals surface area contributed by atoms with Gasteiger partial charge in [0.05, 0.1) is 6.10 Å². The lowest BCUT2D eigenvalue weighted by Crippen LogP contribution is -2.35. The van der Waals surface area contributed by atoms with Gasteiger partial charge in [0.1, 0.15) is 0 Å². The van der Waals surface area contributed by atoms with E-state index in [0.717, 1.165) is 35.4 Å². The van der Waals surface area contributed by atoms with Gasteiger partial charge in [0.25, 0.3) is 0 Å². The summed E-state index contributed by atoms with van der Waals surface area (Å²) in [5, 5.41) is 13.3. The van der Waals surface area contributed by atoms with E-state index in [4.69, 9.17) is 16.7 Å². The second-order valence-electron chi connectivity index (χ2n) is 4.36. The van der Waals surface area contributed by atoms with Crippen LogP contribution in [-0.2, 0) is 6.54 Å². The lowest BCUT2D eigenvalue weighted by Gasteiger charge is -2.31. The van der Waals surface area contributed by atoms with E-state index < -0.39 is 0 Å². The highest BCUT2D eigenvalue weighted by Crippen LogP contribution is 2.26. The minimum Gasteiger partial charge on any atom is -0.393 e. The van der Waals surface area contributed by atoms with Crippen molar-refractivity contribution < 1.29 is 5.11 Å². The Labute approximate surface area is 109 Å². The van der Waals surface area contributed by atoms with Crippen LogP contribution in [0.15, 0.2) is 22.7 Å². The quantitative estimate of drug-likeness (QED) is 0.896. The van der Waals surface area contributed by atoms with Crippen LogP contribution in [0, 0.1) is 5.92 Å². The predicted molar refractivity (Wildman–Crippen MR) is 69.6 cm³/mol. The Hall–Kier alpha value is -0.0900. The van der Waals surface area contributed by atoms with E-state index in [1.165, 1.54) is 5.56 Å². The summed E-state index contributed by atoms with van der Waals surface area (Å²) in [4.78, 5) is 0. The maximum absolute atomic E-state index is 9.16. The van der Waals surface area contributed by atoms with Gasteiger partial charge in [-0.15, -0.1) is 0 Å². The van der Waals surface area contributed by atoms with Crippen LogP contribution in [0.4, 0.5) is 0 Å². The Kier molecular flexibility index (Phi) is 4.25. The first-order chi connectivity index (χ1) is 7.65. The van der Waals surface area contributed by atoms with E-state index in [9.17, 15) is 0 Å². The number of hydrogen-bond donors (Lipinski definition) is 2.